The molecule has 1 aromatic carbocycles. The Hall–Kier alpha value is -0.0600. The highest BCUT2D eigenvalue weighted by molar-refractivity contribution is 9.11. The molecule has 0 aromatic heterocycles. The fourth-order valence-corrected chi connectivity index (χ4v) is 2.87. The zero-order valence-corrected chi connectivity index (χ0v) is 12.5. The van der Waals surface area contributed by atoms with Gasteiger partial charge < -0.3 is 9.47 Å². The maximum absolute atomic E-state index is 5.82. The number of rotatable bonds is 4. The first-order valence-corrected chi connectivity index (χ1v) is 6.90. The van der Waals surface area contributed by atoms with Gasteiger partial charge >= 0.3 is 0 Å². The molecule has 1 unspecified atom stereocenters. The van der Waals surface area contributed by atoms with E-state index in [2.05, 4.69) is 51.8 Å². The quantitative estimate of drug-likeness (QED) is 0.763. The van der Waals surface area contributed by atoms with Crippen LogP contribution in [0.25, 0.3) is 0 Å². The van der Waals surface area contributed by atoms with E-state index in [9.17, 15) is 0 Å². The minimum atomic E-state index is 0.288. The molecule has 0 N–H and O–H groups in total. The Morgan fingerprint density at radius 3 is 2.69 bits per heavy atom. The molecule has 1 atom stereocenters. The second kappa shape index (κ2) is 5.07. The van der Waals surface area contributed by atoms with Gasteiger partial charge in [0.1, 0.15) is 18.5 Å². The van der Waals surface area contributed by atoms with Gasteiger partial charge in [0, 0.05) is 4.47 Å². The van der Waals surface area contributed by atoms with Crippen molar-refractivity contribution in [3.05, 3.63) is 26.6 Å². The molecule has 1 heterocycles. The van der Waals surface area contributed by atoms with Gasteiger partial charge in [-0.2, -0.15) is 0 Å². The molecule has 2 rings (SSSR count). The molecule has 1 aliphatic heterocycles. The number of hydrogen-bond acceptors (Lipinski definition) is 2. The van der Waals surface area contributed by atoms with Crippen LogP contribution in [0.15, 0.2) is 21.1 Å². The molecule has 1 aliphatic rings. The van der Waals surface area contributed by atoms with Gasteiger partial charge in [0.15, 0.2) is 0 Å². The van der Waals surface area contributed by atoms with Crippen LogP contribution in [-0.2, 0) is 4.74 Å². The summed E-state index contributed by atoms with van der Waals surface area (Å²) < 4.78 is 13.0. The van der Waals surface area contributed by atoms with E-state index in [1.807, 2.05) is 6.07 Å². The van der Waals surface area contributed by atoms with Gasteiger partial charge in [0.25, 0.3) is 0 Å². The van der Waals surface area contributed by atoms with E-state index in [0.717, 1.165) is 21.3 Å². The fourth-order valence-electron chi connectivity index (χ4n) is 1.50. The summed E-state index contributed by atoms with van der Waals surface area (Å²) in [6.07, 6.45) is 0.288. The van der Waals surface area contributed by atoms with Crippen LogP contribution in [-0.4, -0.2) is 19.3 Å². The second-order valence-corrected chi connectivity index (χ2v) is 6.00. The molecule has 0 bridgehead atoms. The van der Waals surface area contributed by atoms with Crippen molar-refractivity contribution in [1.82, 2.24) is 0 Å². The molecule has 4 heteroatoms. The number of ether oxygens (including phenoxy) is 2. The number of benzene rings is 1. The maximum Gasteiger partial charge on any atom is 0.137 e. The van der Waals surface area contributed by atoms with Crippen molar-refractivity contribution < 1.29 is 9.47 Å². The summed E-state index contributed by atoms with van der Waals surface area (Å²) in [4.78, 5) is 0. The van der Waals surface area contributed by atoms with Crippen molar-refractivity contribution in [2.45, 2.75) is 25.9 Å². The lowest BCUT2D eigenvalue weighted by Crippen LogP contribution is -2.07. The van der Waals surface area contributed by atoms with Crippen molar-refractivity contribution in [1.29, 1.82) is 0 Å². The summed E-state index contributed by atoms with van der Waals surface area (Å²) in [5.74, 6) is 1.37. The van der Waals surface area contributed by atoms with E-state index in [4.69, 9.17) is 9.47 Å². The van der Waals surface area contributed by atoms with Crippen LogP contribution in [0.3, 0.4) is 0 Å². The van der Waals surface area contributed by atoms with Crippen LogP contribution < -0.4 is 4.74 Å². The molecule has 1 saturated heterocycles. The molecule has 0 radical (unpaired) electrons. The average molecular weight is 350 g/mol. The molecular weight excluding hydrogens is 336 g/mol. The summed E-state index contributed by atoms with van der Waals surface area (Å²) in [7, 11) is 0. The number of hydrogen-bond donors (Lipinski definition) is 0. The topological polar surface area (TPSA) is 21.8 Å². The molecule has 1 fully saturated rings. The van der Waals surface area contributed by atoms with Crippen LogP contribution in [0.4, 0.5) is 0 Å². The summed E-state index contributed by atoms with van der Waals surface area (Å²) in [6.45, 7) is 5.79. The van der Waals surface area contributed by atoms with Crippen LogP contribution in [0.2, 0.25) is 0 Å². The van der Waals surface area contributed by atoms with Gasteiger partial charge in [-0.1, -0.05) is 29.8 Å². The van der Waals surface area contributed by atoms with Gasteiger partial charge in [0.05, 0.1) is 11.1 Å². The molecule has 0 spiro atoms. The van der Waals surface area contributed by atoms with Gasteiger partial charge in [0.2, 0.25) is 0 Å². The van der Waals surface area contributed by atoms with Gasteiger partial charge in [-0.25, -0.2) is 0 Å². The van der Waals surface area contributed by atoms with E-state index in [1.165, 1.54) is 5.56 Å². The van der Waals surface area contributed by atoms with Crippen LogP contribution in [0, 0.1) is 0 Å². The van der Waals surface area contributed by atoms with E-state index in [-0.39, 0.29) is 6.10 Å². The van der Waals surface area contributed by atoms with Gasteiger partial charge in [-0.15, -0.1) is 0 Å². The molecule has 2 nitrogen and oxygen atoms in total. The SMILES string of the molecule is CC(C)c1cc(Br)cc(Br)c1OCC1CO1. The van der Waals surface area contributed by atoms with Crippen molar-refractivity contribution in [3.8, 4) is 5.75 Å². The highest BCUT2D eigenvalue weighted by Gasteiger charge is 2.24. The first-order chi connectivity index (χ1) is 7.58. The summed E-state index contributed by atoms with van der Waals surface area (Å²) in [5, 5.41) is 0. The minimum absolute atomic E-state index is 0.288. The number of epoxide rings is 1. The first-order valence-electron chi connectivity index (χ1n) is 5.31. The largest absolute Gasteiger partial charge is 0.489 e. The van der Waals surface area contributed by atoms with Crippen LogP contribution >= 0.6 is 31.9 Å². The smallest absolute Gasteiger partial charge is 0.137 e. The molecule has 0 saturated carbocycles. The summed E-state index contributed by atoms with van der Waals surface area (Å²) >= 11 is 7.04. The lowest BCUT2D eigenvalue weighted by molar-refractivity contribution is 0.259. The molecule has 88 valence electrons. The highest BCUT2D eigenvalue weighted by Crippen LogP contribution is 2.37. The molecule has 0 aliphatic carbocycles. The average Bonchev–Trinajstić information content (AvgIpc) is 2.98. The third kappa shape index (κ3) is 2.99. The zero-order chi connectivity index (χ0) is 11.7. The molecular formula is C12H14Br2O2. The van der Waals surface area contributed by atoms with Crippen molar-refractivity contribution in [2.24, 2.45) is 0 Å². The normalized spacial score (nSPS) is 18.9. The van der Waals surface area contributed by atoms with Crippen molar-refractivity contribution >= 4 is 31.9 Å². The Kier molecular flexibility index (Phi) is 3.93. The highest BCUT2D eigenvalue weighted by atomic mass is 79.9. The second-order valence-electron chi connectivity index (χ2n) is 4.23. The predicted octanol–water partition coefficient (Wildman–Crippen LogP) is 4.11. The lowest BCUT2D eigenvalue weighted by atomic mass is 10.0. The Balaban J connectivity index is 2.24. The monoisotopic (exact) mass is 348 g/mol. The summed E-state index contributed by atoms with van der Waals surface area (Å²) in [5.41, 5.74) is 1.21. The minimum Gasteiger partial charge on any atom is -0.489 e. The Morgan fingerprint density at radius 2 is 2.12 bits per heavy atom. The summed E-state index contributed by atoms with van der Waals surface area (Å²) in [6, 6.07) is 4.12. The van der Waals surface area contributed by atoms with Gasteiger partial charge in [-0.05, 0) is 39.5 Å². The van der Waals surface area contributed by atoms with E-state index in [0.29, 0.717) is 12.5 Å². The van der Waals surface area contributed by atoms with E-state index in [1.54, 1.807) is 0 Å². The Bertz CT molecular complexity index is 387. The van der Waals surface area contributed by atoms with Crippen LogP contribution in [0.5, 0.6) is 5.75 Å². The van der Waals surface area contributed by atoms with E-state index < -0.39 is 0 Å². The van der Waals surface area contributed by atoms with Crippen molar-refractivity contribution in [3.63, 3.8) is 0 Å². The fraction of sp³-hybridized carbons (Fsp3) is 0.500. The predicted molar refractivity (Wildman–Crippen MR) is 71.2 cm³/mol. The Labute approximate surface area is 113 Å². The molecule has 1 aromatic rings. The number of halogens is 2. The van der Waals surface area contributed by atoms with E-state index >= 15 is 0 Å². The molecule has 0 amide bonds. The zero-order valence-electron chi connectivity index (χ0n) is 9.30. The van der Waals surface area contributed by atoms with Gasteiger partial charge in [-0.3, -0.25) is 0 Å². The Morgan fingerprint density at radius 1 is 1.44 bits per heavy atom. The maximum atomic E-state index is 5.82. The third-order valence-electron chi connectivity index (χ3n) is 2.48. The third-order valence-corrected chi connectivity index (χ3v) is 3.52. The van der Waals surface area contributed by atoms with Crippen molar-refractivity contribution in [2.75, 3.05) is 13.2 Å². The lowest BCUT2D eigenvalue weighted by Gasteiger charge is -2.15. The van der Waals surface area contributed by atoms with Crippen LogP contribution in [0.1, 0.15) is 25.3 Å². The first kappa shape index (κ1) is 12.4. The standard InChI is InChI=1S/C12H14Br2O2/c1-7(2)10-3-8(13)4-11(14)12(10)16-6-9-5-15-9/h3-4,7,9H,5-6H2,1-2H3. The molecule has 16 heavy (non-hydrogen) atoms.